The van der Waals surface area contributed by atoms with Crippen molar-refractivity contribution in [2.75, 3.05) is 9.71 Å². The van der Waals surface area contributed by atoms with Crippen molar-refractivity contribution in [3.05, 3.63) is 192 Å². The number of aromatic nitrogens is 1. The molecule has 0 saturated carbocycles. The molecule has 79 heavy (non-hydrogen) atoms. The van der Waals surface area contributed by atoms with E-state index in [4.69, 9.17) is 8.83 Å². The van der Waals surface area contributed by atoms with Crippen molar-refractivity contribution in [3.8, 4) is 16.8 Å². The first-order valence-corrected chi connectivity index (χ1v) is 28.9. The van der Waals surface area contributed by atoms with Crippen molar-refractivity contribution < 1.29 is 8.83 Å². The number of hydrogen-bond donors (Lipinski definition) is 0. The molecule has 0 bridgehead atoms. The van der Waals surface area contributed by atoms with Crippen LogP contribution >= 0.6 is 11.3 Å². The number of furan rings is 2. The van der Waals surface area contributed by atoms with E-state index in [0.29, 0.717) is 0 Å². The summed E-state index contributed by atoms with van der Waals surface area (Å²) in [6.45, 7) is 27.4. The van der Waals surface area contributed by atoms with Gasteiger partial charge in [0.1, 0.15) is 22.3 Å². The lowest BCUT2D eigenvalue weighted by molar-refractivity contribution is 0.590. The fourth-order valence-electron chi connectivity index (χ4n) is 13.0. The van der Waals surface area contributed by atoms with Gasteiger partial charge in [-0.1, -0.05) is 156 Å². The summed E-state index contributed by atoms with van der Waals surface area (Å²) in [7, 11) is 0. The lowest BCUT2D eigenvalue weighted by Crippen LogP contribution is -2.59. The second-order valence-electron chi connectivity index (χ2n) is 26.6. The van der Waals surface area contributed by atoms with Gasteiger partial charge in [-0.3, -0.25) is 0 Å². The summed E-state index contributed by atoms with van der Waals surface area (Å²) in [5.41, 5.74) is 21.8. The number of rotatable bonds is 4. The summed E-state index contributed by atoms with van der Waals surface area (Å²) in [5, 5.41) is 8.25. The smallest absolute Gasteiger partial charge is 0.343 e. The first kappa shape index (κ1) is 48.2. The molecular formula is C72H64BN3O2S. The highest BCUT2D eigenvalue weighted by molar-refractivity contribution is 7.32. The normalized spacial score (nSPS) is 13.8. The third-order valence-electron chi connectivity index (χ3n) is 17.4. The van der Waals surface area contributed by atoms with Gasteiger partial charge in [0.15, 0.2) is 0 Å². The number of thiophene rings is 1. The molecule has 0 N–H and O–H groups in total. The molecule has 0 atom stereocenters. The Kier molecular flexibility index (Phi) is 9.94. The Hall–Kier alpha value is -8.00. The molecule has 5 nitrogen and oxygen atoms in total. The van der Waals surface area contributed by atoms with E-state index in [2.05, 4.69) is 267 Å². The Balaban J connectivity index is 0.994. The topological polar surface area (TPSA) is 37.7 Å². The van der Waals surface area contributed by atoms with Gasteiger partial charge in [0.25, 0.3) is 0 Å². The van der Waals surface area contributed by atoms with Crippen LogP contribution in [0.3, 0.4) is 0 Å². The number of anilines is 5. The molecule has 0 amide bonds. The van der Waals surface area contributed by atoms with Gasteiger partial charge >= 0.3 is 6.85 Å². The van der Waals surface area contributed by atoms with E-state index in [1.54, 1.807) is 0 Å². The van der Waals surface area contributed by atoms with Gasteiger partial charge in [0.2, 0.25) is 0 Å². The molecule has 388 valence electrons. The quantitative estimate of drug-likeness (QED) is 0.165. The van der Waals surface area contributed by atoms with E-state index in [9.17, 15) is 0 Å². The molecule has 2 aliphatic heterocycles. The van der Waals surface area contributed by atoms with Crippen LogP contribution < -0.4 is 20.0 Å². The number of benzene rings is 9. The van der Waals surface area contributed by atoms with Gasteiger partial charge in [-0.25, -0.2) is 0 Å². The predicted octanol–water partition coefficient (Wildman–Crippen LogP) is 19.7. The van der Waals surface area contributed by atoms with Crippen LogP contribution in [0.5, 0.6) is 0 Å². The van der Waals surface area contributed by atoms with Crippen molar-refractivity contribution in [2.24, 2.45) is 0 Å². The summed E-state index contributed by atoms with van der Waals surface area (Å²) in [5.74, 6) is 0. The lowest BCUT2D eigenvalue weighted by atomic mass is 9.47. The second kappa shape index (κ2) is 16.3. The molecule has 0 unspecified atom stereocenters. The van der Waals surface area contributed by atoms with E-state index in [0.717, 1.165) is 72.3 Å². The van der Waals surface area contributed by atoms with E-state index >= 15 is 0 Å². The van der Waals surface area contributed by atoms with Crippen LogP contribution in [0.1, 0.15) is 105 Å². The first-order valence-electron chi connectivity index (χ1n) is 28.1. The van der Waals surface area contributed by atoms with Gasteiger partial charge < -0.3 is 23.1 Å². The molecule has 6 heterocycles. The maximum atomic E-state index is 7.19. The maximum absolute atomic E-state index is 7.19. The van der Waals surface area contributed by atoms with E-state index in [-0.39, 0.29) is 28.5 Å². The summed E-state index contributed by atoms with van der Waals surface area (Å²) < 4.78 is 19.1. The predicted molar refractivity (Wildman–Crippen MR) is 339 cm³/mol. The molecular weight excluding hydrogens is 982 g/mol. The summed E-state index contributed by atoms with van der Waals surface area (Å²) in [6.07, 6.45) is 0. The molecule has 0 saturated heterocycles. The molecule has 7 heteroatoms. The van der Waals surface area contributed by atoms with Gasteiger partial charge in [-0.15, -0.1) is 11.3 Å². The summed E-state index contributed by atoms with van der Waals surface area (Å²) >= 11 is 1.94. The second-order valence-corrected chi connectivity index (χ2v) is 27.7. The van der Waals surface area contributed by atoms with Gasteiger partial charge in [0, 0.05) is 99.4 Å². The van der Waals surface area contributed by atoms with Crippen molar-refractivity contribution in [3.63, 3.8) is 0 Å². The van der Waals surface area contributed by atoms with Crippen molar-refractivity contribution in [1.82, 2.24) is 4.57 Å². The molecule has 4 aromatic heterocycles. The Morgan fingerprint density at radius 2 is 0.962 bits per heavy atom. The minimum absolute atomic E-state index is 0.00256. The molecule has 13 aromatic rings. The average molecular weight is 1050 g/mol. The third kappa shape index (κ3) is 7.20. The van der Waals surface area contributed by atoms with E-state index in [1.165, 1.54) is 81.2 Å². The lowest BCUT2D eigenvalue weighted by Gasteiger charge is -2.41. The number of nitrogens with zero attached hydrogens (tertiary/aromatic N) is 3. The van der Waals surface area contributed by atoms with Crippen molar-refractivity contribution in [2.45, 2.75) is 105 Å². The zero-order chi connectivity index (χ0) is 54.4. The van der Waals surface area contributed by atoms with Crippen LogP contribution in [0.4, 0.5) is 28.4 Å². The molecule has 2 aliphatic rings. The molecule has 0 fully saturated rings. The van der Waals surface area contributed by atoms with Crippen LogP contribution in [-0.4, -0.2) is 11.4 Å². The van der Waals surface area contributed by atoms with Gasteiger partial charge in [-0.2, -0.15) is 0 Å². The summed E-state index contributed by atoms with van der Waals surface area (Å²) in [6, 6.07) is 64.3. The molecule has 0 radical (unpaired) electrons. The number of para-hydroxylation sites is 1. The Morgan fingerprint density at radius 3 is 1.62 bits per heavy atom. The van der Waals surface area contributed by atoms with Gasteiger partial charge in [-0.05, 0) is 134 Å². The summed E-state index contributed by atoms with van der Waals surface area (Å²) in [4.78, 5) is 5.01. The molecule has 0 spiro atoms. The first-order chi connectivity index (χ1) is 37.7. The maximum Gasteiger partial charge on any atom is 0.343 e. The zero-order valence-corrected chi connectivity index (χ0v) is 48.1. The van der Waals surface area contributed by atoms with Crippen LogP contribution in [0.25, 0.3) is 92.6 Å². The van der Waals surface area contributed by atoms with Crippen LogP contribution in [0, 0.1) is 0 Å². The number of hydrogen-bond acceptors (Lipinski definition) is 5. The average Bonchev–Trinajstić information content (AvgIpc) is 2.61. The zero-order valence-electron chi connectivity index (χ0n) is 47.3. The van der Waals surface area contributed by atoms with Crippen LogP contribution in [0.2, 0.25) is 0 Å². The fraction of sp³-hybridized carbons (Fsp3) is 0.222. The van der Waals surface area contributed by atoms with Crippen LogP contribution in [0.15, 0.2) is 179 Å². The monoisotopic (exact) mass is 1050 g/mol. The molecule has 15 rings (SSSR count). The standard InChI is InChI=1S/C72H64BN3O2S/c1-69(2,3)41-17-24-45(25-18-41)74(46-26-19-42(20-27-46)70(4,5)6)48-30-31-50-56-37-53-51-32-33-52-54-38-55-49-15-13-14-16-60(49)77-62(55)39-58(54)75-66(52)65(51)73(68-67(75)57-35-44(72(10,11)12)23-34-64(57)79-68)76(59(53)40-63(56)78-61(50)36-48)47-28-21-43(22-29-47)71(7,8)9/h13-40H,1-12H3. The van der Waals surface area contributed by atoms with Crippen LogP contribution in [-0.2, 0) is 21.7 Å². The third-order valence-corrected chi connectivity index (χ3v) is 18.6. The SMILES string of the molecule is CC(C)(C)c1ccc(N2B3c4sc5ccc(C(C)(C)C)cc5c4-n4c5cc6oc7ccccc7c6cc5c5ccc(c3c54)-c3cc4c(cc32)oc2cc(N(c3ccc(C(C)(C)C)cc3)c3ccc(C(C)(C)C)cc3)ccc24)cc1. The van der Waals surface area contributed by atoms with Gasteiger partial charge in [0.05, 0.1) is 16.7 Å². The fourth-order valence-corrected chi connectivity index (χ4v) is 14.3. The van der Waals surface area contributed by atoms with E-state index in [1.807, 2.05) is 11.3 Å². The Morgan fingerprint density at radius 1 is 0.418 bits per heavy atom. The number of fused-ring (bicyclic) bond motifs is 16. The highest BCUT2D eigenvalue weighted by atomic mass is 32.1. The van der Waals surface area contributed by atoms with Crippen molar-refractivity contribution >= 4 is 133 Å². The Bertz CT molecular complexity index is 4640. The van der Waals surface area contributed by atoms with Crippen molar-refractivity contribution in [1.29, 1.82) is 0 Å². The highest BCUT2D eigenvalue weighted by Crippen LogP contribution is 2.51. The molecule has 0 aliphatic carbocycles. The minimum Gasteiger partial charge on any atom is -0.456 e. The Labute approximate surface area is 466 Å². The molecule has 9 aromatic carbocycles. The highest BCUT2D eigenvalue weighted by Gasteiger charge is 2.46. The van der Waals surface area contributed by atoms with E-state index < -0.39 is 0 Å². The largest absolute Gasteiger partial charge is 0.456 e. The minimum atomic E-state index is -0.130.